The summed E-state index contributed by atoms with van der Waals surface area (Å²) >= 11 is 0. The molecule has 1 heterocycles. The van der Waals surface area contributed by atoms with Gasteiger partial charge in [-0.25, -0.2) is 0 Å². The summed E-state index contributed by atoms with van der Waals surface area (Å²) in [5, 5.41) is 64.9. The van der Waals surface area contributed by atoms with Crippen molar-refractivity contribution in [1.29, 1.82) is 0 Å². The van der Waals surface area contributed by atoms with Crippen LogP contribution in [0.3, 0.4) is 0 Å². The van der Waals surface area contributed by atoms with E-state index in [0.717, 1.165) is 44.9 Å². The molecule has 1 amide bonds. The van der Waals surface area contributed by atoms with Crippen LogP contribution >= 0.6 is 0 Å². The largest absolute Gasteiger partial charge is 0.394 e. The van der Waals surface area contributed by atoms with Gasteiger partial charge in [-0.05, 0) is 19.3 Å². The standard InChI is InChI=1S/C55H107NO9/c1-3-5-7-9-11-13-15-17-19-20-21-22-23-24-25-26-27-28-30-32-34-36-38-40-42-44-49(59)54(63)56-47(46-64-55-53(62)52(61)51(60)50(45-57)65-55)48(58)43-41-39-37-35-33-31-29-18-16-14-12-10-8-6-4-2/h41,43,47-53,55,57-62H,3-40,42,44-46H2,1-2H3,(H,56,63)/b43-41+. The van der Waals surface area contributed by atoms with Crippen LogP contribution < -0.4 is 5.32 Å². The summed E-state index contributed by atoms with van der Waals surface area (Å²) in [6.07, 6.45) is 44.5. The lowest BCUT2D eigenvalue weighted by Gasteiger charge is -2.40. The highest BCUT2D eigenvalue weighted by molar-refractivity contribution is 5.80. The van der Waals surface area contributed by atoms with Gasteiger partial charge in [-0.2, -0.15) is 0 Å². The maximum absolute atomic E-state index is 13.1. The Morgan fingerprint density at radius 2 is 0.877 bits per heavy atom. The van der Waals surface area contributed by atoms with Crippen LogP contribution in [0, 0.1) is 0 Å². The molecule has 1 aliphatic rings. The molecule has 8 unspecified atom stereocenters. The fraction of sp³-hybridized carbons (Fsp3) is 0.945. The van der Waals surface area contributed by atoms with E-state index >= 15 is 0 Å². The Morgan fingerprint density at radius 1 is 0.523 bits per heavy atom. The zero-order valence-corrected chi connectivity index (χ0v) is 42.4. The van der Waals surface area contributed by atoms with Gasteiger partial charge in [-0.15, -0.1) is 0 Å². The van der Waals surface area contributed by atoms with Crippen molar-refractivity contribution in [3.05, 3.63) is 12.2 Å². The minimum absolute atomic E-state index is 0.301. The molecule has 1 fully saturated rings. The number of nitrogens with one attached hydrogen (secondary N) is 1. The highest BCUT2D eigenvalue weighted by Gasteiger charge is 2.44. The molecule has 1 saturated heterocycles. The van der Waals surface area contributed by atoms with Gasteiger partial charge < -0.3 is 45.4 Å². The fourth-order valence-electron chi connectivity index (χ4n) is 9.17. The molecule has 0 saturated carbocycles. The molecule has 0 bridgehead atoms. The van der Waals surface area contributed by atoms with Gasteiger partial charge in [0.05, 0.1) is 25.4 Å². The molecule has 7 N–H and O–H groups in total. The average molecular weight is 926 g/mol. The molecule has 0 aromatic heterocycles. The number of unbranched alkanes of at least 4 members (excludes halogenated alkanes) is 37. The first-order valence-corrected chi connectivity index (χ1v) is 28.0. The molecular formula is C55H107NO9. The summed E-state index contributed by atoms with van der Waals surface area (Å²) in [4.78, 5) is 13.1. The summed E-state index contributed by atoms with van der Waals surface area (Å²) in [5.74, 6) is -0.610. The molecule has 1 rings (SSSR count). The fourth-order valence-corrected chi connectivity index (χ4v) is 9.17. The molecule has 0 spiro atoms. The van der Waals surface area contributed by atoms with Crippen LogP contribution in [0.2, 0.25) is 0 Å². The van der Waals surface area contributed by atoms with Crippen molar-refractivity contribution < 1.29 is 44.9 Å². The minimum atomic E-state index is -1.61. The molecule has 65 heavy (non-hydrogen) atoms. The maximum Gasteiger partial charge on any atom is 0.249 e. The summed E-state index contributed by atoms with van der Waals surface area (Å²) < 4.78 is 11.2. The predicted octanol–water partition coefficient (Wildman–Crippen LogP) is 12.2. The number of ether oxygens (including phenoxy) is 2. The van der Waals surface area contributed by atoms with Crippen LogP contribution in [0.4, 0.5) is 0 Å². The van der Waals surface area contributed by atoms with Gasteiger partial charge in [0.15, 0.2) is 6.29 Å². The lowest BCUT2D eigenvalue weighted by atomic mass is 9.99. The van der Waals surface area contributed by atoms with E-state index in [1.165, 1.54) is 205 Å². The third kappa shape index (κ3) is 34.8. The van der Waals surface area contributed by atoms with Crippen molar-refractivity contribution in [1.82, 2.24) is 5.32 Å². The Kier molecular flexibility index (Phi) is 43.2. The van der Waals surface area contributed by atoms with Crippen molar-refractivity contribution in [3.63, 3.8) is 0 Å². The van der Waals surface area contributed by atoms with Crippen LogP contribution in [0.25, 0.3) is 0 Å². The Labute approximate surface area is 399 Å². The number of amides is 1. The van der Waals surface area contributed by atoms with Crippen molar-refractivity contribution >= 4 is 5.91 Å². The number of aliphatic hydroxyl groups excluding tert-OH is 6. The van der Waals surface area contributed by atoms with Gasteiger partial charge in [0.25, 0.3) is 0 Å². The van der Waals surface area contributed by atoms with Crippen LogP contribution in [0.1, 0.15) is 271 Å². The Morgan fingerprint density at radius 3 is 1.25 bits per heavy atom. The van der Waals surface area contributed by atoms with Gasteiger partial charge in [0.2, 0.25) is 5.91 Å². The number of hydrogen-bond acceptors (Lipinski definition) is 9. The van der Waals surface area contributed by atoms with E-state index in [1.54, 1.807) is 6.08 Å². The summed E-state index contributed by atoms with van der Waals surface area (Å²) in [6.45, 7) is 3.64. The van der Waals surface area contributed by atoms with E-state index in [2.05, 4.69) is 19.2 Å². The molecule has 0 aromatic carbocycles. The van der Waals surface area contributed by atoms with E-state index in [-0.39, 0.29) is 6.61 Å². The highest BCUT2D eigenvalue weighted by atomic mass is 16.7. The van der Waals surface area contributed by atoms with Gasteiger partial charge >= 0.3 is 0 Å². The average Bonchev–Trinajstić information content (AvgIpc) is 3.31. The quantitative estimate of drug-likeness (QED) is 0.0232. The van der Waals surface area contributed by atoms with Gasteiger partial charge in [0.1, 0.15) is 30.5 Å². The number of hydrogen-bond donors (Lipinski definition) is 7. The third-order valence-corrected chi connectivity index (χ3v) is 13.7. The molecule has 8 atom stereocenters. The topological polar surface area (TPSA) is 169 Å². The number of carbonyl (C=O) groups excluding carboxylic acids is 1. The second kappa shape index (κ2) is 45.3. The summed E-state index contributed by atoms with van der Waals surface area (Å²) in [6, 6.07) is -0.975. The van der Waals surface area contributed by atoms with E-state index in [0.29, 0.717) is 6.42 Å². The lowest BCUT2D eigenvalue weighted by Crippen LogP contribution is -2.60. The Balaban J connectivity index is 2.24. The first-order valence-electron chi connectivity index (χ1n) is 28.0. The molecule has 0 aliphatic carbocycles. The highest BCUT2D eigenvalue weighted by Crippen LogP contribution is 2.23. The zero-order valence-electron chi connectivity index (χ0n) is 42.4. The maximum atomic E-state index is 13.1. The smallest absolute Gasteiger partial charge is 0.249 e. The SMILES string of the molecule is CCCCCCCCCCCCCCC/C=C/C(O)C(COC1OC(CO)C(O)C(O)C1O)NC(=O)C(O)CCCCCCCCCCCCCCCCCCCCCCCCCCC. The molecule has 386 valence electrons. The van der Waals surface area contributed by atoms with Gasteiger partial charge in [-0.1, -0.05) is 264 Å². The third-order valence-electron chi connectivity index (χ3n) is 13.7. The molecule has 0 radical (unpaired) electrons. The summed E-state index contributed by atoms with van der Waals surface area (Å²) in [7, 11) is 0. The van der Waals surface area contributed by atoms with E-state index in [4.69, 9.17) is 9.47 Å². The monoisotopic (exact) mass is 926 g/mol. The van der Waals surface area contributed by atoms with E-state index < -0.39 is 61.5 Å². The molecule has 10 nitrogen and oxygen atoms in total. The zero-order chi connectivity index (χ0) is 47.4. The summed E-state index contributed by atoms with van der Waals surface area (Å²) in [5.41, 5.74) is 0. The minimum Gasteiger partial charge on any atom is -0.394 e. The van der Waals surface area contributed by atoms with Gasteiger partial charge in [-0.3, -0.25) is 4.79 Å². The number of allylic oxidation sites excluding steroid dienone is 1. The molecule has 0 aromatic rings. The van der Waals surface area contributed by atoms with Crippen LogP contribution in [-0.2, 0) is 14.3 Å². The molecule has 10 heteroatoms. The lowest BCUT2D eigenvalue weighted by molar-refractivity contribution is -0.302. The van der Waals surface area contributed by atoms with Gasteiger partial charge in [0, 0.05) is 0 Å². The number of aliphatic hydroxyl groups is 6. The van der Waals surface area contributed by atoms with Crippen LogP contribution in [-0.4, -0.2) is 98.7 Å². The predicted molar refractivity (Wildman–Crippen MR) is 269 cm³/mol. The van der Waals surface area contributed by atoms with E-state index in [1.807, 2.05) is 6.08 Å². The first-order chi connectivity index (χ1) is 31.8. The van der Waals surface area contributed by atoms with Crippen molar-refractivity contribution in [2.24, 2.45) is 0 Å². The Hall–Kier alpha value is -1.11. The van der Waals surface area contributed by atoms with E-state index in [9.17, 15) is 35.4 Å². The van der Waals surface area contributed by atoms with Crippen molar-refractivity contribution in [3.8, 4) is 0 Å². The van der Waals surface area contributed by atoms with Crippen molar-refractivity contribution in [2.45, 2.75) is 320 Å². The number of carbonyl (C=O) groups is 1. The second-order valence-electron chi connectivity index (χ2n) is 19.9. The number of rotatable bonds is 48. The molecular weight excluding hydrogens is 819 g/mol. The van der Waals surface area contributed by atoms with Crippen molar-refractivity contribution in [2.75, 3.05) is 13.2 Å². The Bertz CT molecular complexity index is 1050. The second-order valence-corrected chi connectivity index (χ2v) is 19.9. The van der Waals surface area contributed by atoms with Crippen LogP contribution in [0.5, 0.6) is 0 Å². The molecule has 1 aliphatic heterocycles. The normalized spacial score (nSPS) is 20.4. The first kappa shape index (κ1) is 61.9. The van der Waals surface area contributed by atoms with Crippen LogP contribution in [0.15, 0.2) is 12.2 Å².